The van der Waals surface area contributed by atoms with Gasteiger partial charge in [-0.1, -0.05) is 15.9 Å². The van der Waals surface area contributed by atoms with E-state index in [1.807, 2.05) is 38.4 Å². The molecule has 1 saturated heterocycles. The van der Waals surface area contributed by atoms with E-state index in [0.717, 1.165) is 23.1 Å². The molecular weight excluding hydrogens is 334 g/mol. The third-order valence-electron chi connectivity index (χ3n) is 3.56. The van der Waals surface area contributed by atoms with Gasteiger partial charge in [-0.25, -0.2) is 0 Å². The van der Waals surface area contributed by atoms with Gasteiger partial charge in [-0.2, -0.15) is 0 Å². The lowest BCUT2D eigenvalue weighted by atomic mass is 10.2. The van der Waals surface area contributed by atoms with E-state index in [9.17, 15) is 9.90 Å². The first-order valence-electron chi connectivity index (χ1n) is 7.06. The van der Waals surface area contributed by atoms with Crippen LogP contribution in [0.4, 0.5) is 5.69 Å². The van der Waals surface area contributed by atoms with E-state index in [-0.39, 0.29) is 18.1 Å². The highest BCUT2D eigenvalue weighted by Crippen LogP contribution is 2.19. The van der Waals surface area contributed by atoms with Gasteiger partial charge in [0.25, 0.3) is 0 Å². The molecule has 2 atom stereocenters. The Kier molecular flexibility index (Phi) is 5.75. The van der Waals surface area contributed by atoms with Crippen molar-refractivity contribution in [3.63, 3.8) is 0 Å². The molecule has 0 spiro atoms. The number of aliphatic hydroxyl groups excluding tert-OH is 1. The Hall–Kier alpha value is -0.950. The van der Waals surface area contributed by atoms with Crippen LogP contribution < -0.4 is 5.32 Å². The topological polar surface area (TPSA) is 55.8 Å². The number of aliphatic hydroxyl groups is 1. The number of nitrogens with one attached hydrogen (secondary N) is 1. The maximum atomic E-state index is 12.1. The summed E-state index contributed by atoms with van der Waals surface area (Å²) in [4.78, 5) is 16.3. The summed E-state index contributed by atoms with van der Waals surface area (Å²) in [6.45, 7) is 1.72. The molecule has 1 aliphatic rings. The molecule has 1 aromatic rings. The first-order chi connectivity index (χ1) is 9.94. The largest absolute Gasteiger partial charge is 0.392 e. The third-order valence-corrected chi connectivity index (χ3v) is 4.09. The molecule has 5 nitrogen and oxygen atoms in total. The van der Waals surface area contributed by atoms with Crippen molar-refractivity contribution in [3.8, 4) is 0 Å². The maximum Gasteiger partial charge on any atom is 0.238 e. The number of halogens is 1. The molecule has 2 rings (SSSR count). The van der Waals surface area contributed by atoms with Crippen LogP contribution in [0.25, 0.3) is 0 Å². The van der Waals surface area contributed by atoms with Gasteiger partial charge in [-0.05, 0) is 44.8 Å². The number of anilines is 1. The number of amides is 1. The van der Waals surface area contributed by atoms with Crippen molar-refractivity contribution in [2.45, 2.75) is 18.6 Å². The van der Waals surface area contributed by atoms with E-state index in [1.54, 1.807) is 0 Å². The standard InChI is InChI=1S/C15H22BrN3O2/c1-18(2)8-13-7-14(20)9-19(13)10-15(21)17-12-5-3-11(16)4-6-12/h3-6,13-14,20H,7-10H2,1-2H3,(H,17,21). The van der Waals surface area contributed by atoms with Gasteiger partial charge in [0.2, 0.25) is 5.91 Å². The normalized spacial score (nSPS) is 22.7. The molecule has 0 aliphatic carbocycles. The molecule has 1 amide bonds. The van der Waals surface area contributed by atoms with Crippen LogP contribution in [-0.2, 0) is 4.79 Å². The molecule has 0 radical (unpaired) electrons. The number of rotatable bonds is 5. The Morgan fingerprint density at radius 2 is 2.10 bits per heavy atom. The number of nitrogens with zero attached hydrogens (tertiary/aromatic N) is 2. The highest BCUT2D eigenvalue weighted by molar-refractivity contribution is 9.10. The van der Waals surface area contributed by atoms with E-state index < -0.39 is 0 Å². The summed E-state index contributed by atoms with van der Waals surface area (Å²) < 4.78 is 0.981. The van der Waals surface area contributed by atoms with Gasteiger partial charge in [-0.15, -0.1) is 0 Å². The van der Waals surface area contributed by atoms with Crippen LogP contribution in [0.15, 0.2) is 28.7 Å². The molecule has 116 valence electrons. The third kappa shape index (κ3) is 5.07. The quantitative estimate of drug-likeness (QED) is 0.837. The van der Waals surface area contributed by atoms with Gasteiger partial charge < -0.3 is 15.3 Å². The molecule has 0 aromatic heterocycles. The summed E-state index contributed by atoms with van der Waals surface area (Å²) in [5.74, 6) is -0.0461. The van der Waals surface area contributed by atoms with E-state index in [2.05, 4.69) is 31.0 Å². The second-order valence-corrected chi connectivity index (χ2v) is 6.71. The van der Waals surface area contributed by atoms with Gasteiger partial charge >= 0.3 is 0 Å². The van der Waals surface area contributed by atoms with Crippen molar-refractivity contribution >= 4 is 27.5 Å². The smallest absolute Gasteiger partial charge is 0.238 e. The van der Waals surface area contributed by atoms with Crippen molar-refractivity contribution in [2.24, 2.45) is 0 Å². The molecule has 0 saturated carbocycles. The van der Waals surface area contributed by atoms with Gasteiger partial charge in [0.1, 0.15) is 0 Å². The minimum absolute atomic E-state index is 0.0461. The first kappa shape index (κ1) is 16.4. The summed E-state index contributed by atoms with van der Waals surface area (Å²) in [5, 5.41) is 12.7. The number of likely N-dealkylation sites (N-methyl/N-ethyl adjacent to an activating group) is 1. The molecule has 2 N–H and O–H groups in total. The molecule has 1 aromatic carbocycles. The van der Waals surface area contributed by atoms with Gasteiger partial charge in [0, 0.05) is 29.3 Å². The summed E-state index contributed by atoms with van der Waals surface area (Å²) in [6.07, 6.45) is 0.388. The number of hydrogen-bond donors (Lipinski definition) is 2. The Labute approximate surface area is 134 Å². The molecule has 0 bridgehead atoms. The molecule has 1 aliphatic heterocycles. The average molecular weight is 356 g/mol. The highest BCUT2D eigenvalue weighted by Gasteiger charge is 2.32. The van der Waals surface area contributed by atoms with Crippen molar-refractivity contribution < 1.29 is 9.90 Å². The van der Waals surface area contributed by atoms with Crippen LogP contribution >= 0.6 is 15.9 Å². The maximum absolute atomic E-state index is 12.1. The van der Waals surface area contributed by atoms with Crippen LogP contribution in [0.5, 0.6) is 0 Å². The van der Waals surface area contributed by atoms with Crippen molar-refractivity contribution in [1.29, 1.82) is 0 Å². The van der Waals surface area contributed by atoms with E-state index >= 15 is 0 Å². The SMILES string of the molecule is CN(C)CC1CC(O)CN1CC(=O)Nc1ccc(Br)cc1. The number of carbonyl (C=O) groups excluding carboxylic acids is 1. The van der Waals surface area contributed by atoms with E-state index in [0.29, 0.717) is 13.1 Å². The Balaban J connectivity index is 1.90. The van der Waals surface area contributed by atoms with Crippen molar-refractivity contribution in [2.75, 3.05) is 39.0 Å². The minimum atomic E-state index is -0.338. The monoisotopic (exact) mass is 355 g/mol. The number of benzene rings is 1. The predicted octanol–water partition coefficient (Wildman–Crippen LogP) is 1.38. The molecule has 1 fully saturated rings. The molecule has 1 heterocycles. The summed E-state index contributed by atoms with van der Waals surface area (Å²) in [5.41, 5.74) is 0.784. The van der Waals surface area contributed by atoms with Crippen LogP contribution in [0, 0.1) is 0 Å². The Bertz CT molecular complexity index is 478. The zero-order chi connectivity index (χ0) is 15.4. The average Bonchev–Trinajstić information content (AvgIpc) is 2.71. The van der Waals surface area contributed by atoms with E-state index in [1.165, 1.54) is 0 Å². The summed E-state index contributed by atoms with van der Waals surface area (Å²) >= 11 is 3.37. The number of β-amino-alcohol motifs (C(OH)–C–C–N with tert-alkyl or cyclic N) is 1. The summed E-state index contributed by atoms with van der Waals surface area (Å²) in [6, 6.07) is 7.73. The molecule has 2 unspecified atom stereocenters. The lowest BCUT2D eigenvalue weighted by molar-refractivity contribution is -0.117. The number of carbonyl (C=O) groups is 1. The van der Waals surface area contributed by atoms with Crippen LogP contribution in [-0.4, -0.2) is 66.7 Å². The fraction of sp³-hybridized carbons (Fsp3) is 0.533. The van der Waals surface area contributed by atoms with Gasteiger partial charge in [0.15, 0.2) is 0 Å². The fourth-order valence-electron chi connectivity index (χ4n) is 2.68. The zero-order valence-corrected chi connectivity index (χ0v) is 14.0. The highest BCUT2D eigenvalue weighted by atomic mass is 79.9. The van der Waals surface area contributed by atoms with Crippen LogP contribution in [0.3, 0.4) is 0 Å². The Morgan fingerprint density at radius 3 is 2.71 bits per heavy atom. The van der Waals surface area contributed by atoms with Gasteiger partial charge in [0.05, 0.1) is 12.6 Å². The van der Waals surface area contributed by atoms with Crippen molar-refractivity contribution in [1.82, 2.24) is 9.80 Å². The zero-order valence-electron chi connectivity index (χ0n) is 12.4. The predicted molar refractivity (Wildman–Crippen MR) is 87.3 cm³/mol. The number of hydrogen-bond acceptors (Lipinski definition) is 4. The lowest BCUT2D eigenvalue weighted by Gasteiger charge is -2.26. The molecule has 21 heavy (non-hydrogen) atoms. The van der Waals surface area contributed by atoms with E-state index in [4.69, 9.17) is 0 Å². The van der Waals surface area contributed by atoms with Crippen LogP contribution in [0.1, 0.15) is 6.42 Å². The number of likely N-dealkylation sites (tertiary alicyclic amines) is 1. The van der Waals surface area contributed by atoms with Gasteiger partial charge in [-0.3, -0.25) is 9.69 Å². The molecular formula is C15H22BrN3O2. The molecule has 6 heteroatoms. The first-order valence-corrected chi connectivity index (χ1v) is 7.85. The lowest BCUT2D eigenvalue weighted by Crippen LogP contribution is -2.41. The van der Waals surface area contributed by atoms with Crippen molar-refractivity contribution in [3.05, 3.63) is 28.7 Å². The second kappa shape index (κ2) is 7.35. The summed E-state index contributed by atoms with van der Waals surface area (Å²) in [7, 11) is 4.01. The fourth-order valence-corrected chi connectivity index (χ4v) is 2.95. The Morgan fingerprint density at radius 1 is 1.43 bits per heavy atom. The second-order valence-electron chi connectivity index (χ2n) is 5.79. The van der Waals surface area contributed by atoms with Crippen LogP contribution in [0.2, 0.25) is 0 Å². The minimum Gasteiger partial charge on any atom is -0.392 e.